The van der Waals surface area contributed by atoms with Gasteiger partial charge in [-0.1, -0.05) is 27.7 Å². The van der Waals surface area contributed by atoms with E-state index in [2.05, 4.69) is 25.7 Å². The number of rotatable bonds is 1. The van der Waals surface area contributed by atoms with Gasteiger partial charge in [-0.15, -0.1) is 0 Å². The lowest BCUT2D eigenvalue weighted by molar-refractivity contribution is 0.277. The van der Waals surface area contributed by atoms with Crippen LogP contribution < -0.4 is 5.73 Å². The van der Waals surface area contributed by atoms with Crippen LogP contribution in [0.2, 0.25) is 0 Å². The van der Waals surface area contributed by atoms with Crippen molar-refractivity contribution < 1.29 is 9.13 Å². The summed E-state index contributed by atoms with van der Waals surface area (Å²) in [6.45, 7) is 0. The Balaban J connectivity index is 0.000000408. The number of nitrogens with two attached hydrogens (primary N) is 1. The summed E-state index contributed by atoms with van der Waals surface area (Å²) in [7, 11) is 3.25. The molecular weight excluding hydrogens is 331 g/mol. The van der Waals surface area contributed by atoms with Gasteiger partial charge < -0.3 is 10.5 Å². The van der Waals surface area contributed by atoms with Gasteiger partial charge in [0, 0.05) is 29.5 Å². The van der Waals surface area contributed by atoms with Gasteiger partial charge in [-0.05, 0) is 30.5 Å². The van der Waals surface area contributed by atoms with Crippen molar-refractivity contribution in [2.24, 2.45) is 16.6 Å². The molecule has 1 saturated carbocycles. The van der Waals surface area contributed by atoms with E-state index in [0.717, 1.165) is 10.9 Å². The summed E-state index contributed by atoms with van der Waals surface area (Å²) in [5, 5.41) is 1.13. The zero-order valence-corrected chi connectivity index (χ0v) is 13.2. The number of aliphatic imine (C=N–C) groups is 1. The zero-order valence-electron chi connectivity index (χ0n) is 10.8. The molecule has 0 amide bonds. The van der Waals surface area contributed by atoms with Crippen LogP contribution in [0.4, 0.5) is 4.39 Å². The fraction of sp³-hybridized carbons (Fsp3) is 0.462. The summed E-state index contributed by atoms with van der Waals surface area (Å²) in [6.07, 6.45) is 1.09. The van der Waals surface area contributed by atoms with Crippen LogP contribution in [0.1, 0.15) is 18.0 Å². The highest BCUT2D eigenvalue weighted by Gasteiger charge is 2.48. The van der Waals surface area contributed by atoms with Gasteiger partial charge in [-0.3, -0.25) is 4.99 Å². The molecule has 19 heavy (non-hydrogen) atoms. The molecule has 0 saturated heterocycles. The van der Waals surface area contributed by atoms with Crippen LogP contribution in [0.25, 0.3) is 0 Å². The first-order valence-electron chi connectivity index (χ1n) is 5.91. The quantitative estimate of drug-likeness (QED) is 0.848. The van der Waals surface area contributed by atoms with Gasteiger partial charge in [0.1, 0.15) is 5.82 Å². The third-order valence-corrected chi connectivity index (χ3v) is 4.68. The molecule has 1 aliphatic heterocycles. The Kier molecular flexibility index (Phi) is 4.86. The molecule has 0 radical (unpaired) electrons. The van der Waals surface area contributed by atoms with Crippen molar-refractivity contribution in [1.82, 2.24) is 0 Å². The van der Waals surface area contributed by atoms with E-state index in [1.54, 1.807) is 32.0 Å². The van der Waals surface area contributed by atoms with Crippen molar-refractivity contribution in [3.05, 3.63) is 34.1 Å². The maximum atomic E-state index is 13.7. The SMILES string of the molecule is COC.NC1=NC(c2cc(Br)ccc2F)C2CC2S1. The van der Waals surface area contributed by atoms with Gasteiger partial charge in [0.2, 0.25) is 0 Å². The van der Waals surface area contributed by atoms with E-state index < -0.39 is 0 Å². The molecule has 2 aliphatic rings. The smallest absolute Gasteiger partial charge is 0.154 e. The van der Waals surface area contributed by atoms with Crippen LogP contribution >= 0.6 is 27.7 Å². The highest BCUT2D eigenvalue weighted by atomic mass is 79.9. The van der Waals surface area contributed by atoms with E-state index in [1.165, 1.54) is 6.07 Å². The van der Waals surface area contributed by atoms with Crippen LogP contribution in [0.15, 0.2) is 27.7 Å². The van der Waals surface area contributed by atoms with Crippen LogP contribution in [0, 0.1) is 11.7 Å². The predicted octanol–water partition coefficient (Wildman–Crippen LogP) is 3.34. The number of benzene rings is 1. The summed E-state index contributed by atoms with van der Waals surface area (Å²) < 4.78 is 18.9. The molecule has 6 heteroatoms. The van der Waals surface area contributed by atoms with Crippen LogP contribution in [-0.2, 0) is 4.74 Å². The van der Waals surface area contributed by atoms with Gasteiger partial charge >= 0.3 is 0 Å². The molecule has 1 aromatic carbocycles. The van der Waals surface area contributed by atoms with Crippen molar-refractivity contribution in [3.63, 3.8) is 0 Å². The molecule has 3 unspecified atom stereocenters. The molecule has 1 fully saturated rings. The van der Waals surface area contributed by atoms with Gasteiger partial charge in [0.05, 0.1) is 6.04 Å². The number of halogens is 2. The predicted molar refractivity (Wildman–Crippen MR) is 80.9 cm³/mol. The Hall–Kier alpha value is -0.590. The second-order valence-corrected chi connectivity index (χ2v) is 6.72. The Morgan fingerprint density at radius 3 is 2.84 bits per heavy atom. The molecule has 3 nitrogen and oxygen atoms in total. The standard InChI is InChI=1S/C11H10BrFN2S.C2H6O/c12-5-1-2-8(13)6(3-5)10-7-4-9(7)16-11(14)15-10;1-3-2/h1-3,7,9-10H,4H2,(H2,14,15);1-2H3. The van der Waals surface area contributed by atoms with Crippen LogP contribution in [0.5, 0.6) is 0 Å². The summed E-state index contributed by atoms with van der Waals surface area (Å²) in [4.78, 5) is 4.37. The van der Waals surface area contributed by atoms with Gasteiger partial charge in [-0.25, -0.2) is 4.39 Å². The highest BCUT2D eigenvalue weighted by Crippen LogP contribution is 2.54. The van der Waals surface area contributed by atoms with E-state index in [-0.39, 0.29) is 11.9 Å². The lowest BCUT2D eigenvalue weighted by Gasteiger charge is -2.18. The largest absolute Gasteiger partial charge is 0.388 e. The molecule has 0 bridgehead atoms. The third-order valence-electron chi connectivity index (χ3n) is 3.00. The number of amidine groups is 1. The van der Waals surface area contributed by atoms with E-state index in [4.69, 9.17) is 5.73 Å². The molecule has 2 N–H and O–H groups in total. The Labute approximate surface area is 124 Å². The van der Waals surface area contributed by atoms with Crippen molar-refractivity contribution in [2.75, 3.05) is 14.2 Å². The molecular formula is C13H16BrFN2OS. The number of fused-ring (bicyclic) bond motifs is 1. The summed E-state index contributed by atoms with van der Waals surface area (Å²) in [5.74, 6) is 0.267. The fourth-order valence-corrected chi connectivity index (χ4v) is 3.62. The first-order valence-corrected chi connectivity index (χ1v) is 7.59. The number of nitrogens with zero attached hydrogens (tertiary/aromatic N) is 1. The number of methoxy groups -OCH3 is 1. The molecule has 1 heterocycles. The summed E-state index contributed by atoms with van der Waals surface area (Å²) >= 11 is 4.98. The second kappa shape index (κ2) is 6.24. The molecule has 104 valence electrons. The van der Waals surface area contributed by atoms with E-state index in [0.29, 0.717) is 21.9 Å². The van der Waals surface area contributed by atoms with E-state index in [9.17, 15) is 4.39 Å². The molecule has 3 atom stereocenters. The summed E-state index contributed by atoms with van der Waals surface area (Å²) in [6, 6.07) is 4.89. The van der Waals surface area contributed by atoms with E-state index >= 15 is 0 Å². The fourth-order valence-electron chi connectivity index (χ4n) is 2.12. The molecule has 1 aromatic rings. The first-order chi connectivity index (χ1) is 9.06. The Morgan fingerprint density at radius 1 is 1.47 bits per heavy atom. The minimum Gasteiger partial charge on any atom is -0.388 e. The Bertz CT molecular complexity index is 498. The highest BCUT2D eigenvalue weighted by molar-refractivity contribution is 9.10. The van der Waals surface area contributed by atoms with Crippen molar-refractivity contribution in [2.45, 2.75) is 17.7 Å². The minimum atomic E-state index is -0.192. The van der Waals surface area contributed by atoms with Crippen molar-refractivity contribution in [1.29, 1.82) is 0 Å². The monoisotopic (exact) mass is 346 g/mol. The topological polar surface area (TPSA) is 47.6 Å². The molecule has 1 aliphatic carbocycles. The average molecular weight is 347 g/mol. The summed E-state index contributed by atoms with van der Waals surface area (Å²) in [5.41, 5.74) is 6.40. The number of thioether (sulfide) groups is 1. The van der Waals surface area contributed by atoms with Gasteiger partial charge in [-0.2, -0.15) is 0 Å². The second-order valence-electron chi connectivity index (χ2n) is 4.54. The number of hydrogen-bond donors (Lipinski definition) is 1. The van der Waals surface area contributed by atoms with Crippen molar-refractivity contribution >= 4 is 32.9 Å². The van der Waals surface area contributed by atoms with Crippen molar-refractivity contribution in [3.8, 4) is 0 Å². The number of hydrogen-bond acceptors (Lipinski definition) is 4. The van der Waals surface area contributed by atoms with Gasteiger partial charge in [0.25, 0.3) is 0 Å². The minimum absolute atomic E-state index is 0.0938. The number of ether oxygens (including phenoxy) is 1. The molecule has 0 spiro atoms. The van der Waals surface area contributed by atoms with Crippen LogP contribution in [0.3, 0.4) is 0 Å². The maximum Gasteiger partial charge on any atom is 0.154 e. The zero-order chi connectivity index (χ0) is 14.0. The van der Waals surface area contributed by atoms with E-state index in [1.807, 2.05) is 6.07 Å². The molecule has 3 rings (SSSR count). The lowest BCUT2D eigenvalue weighted by Crippen LogP contribution is -2.17. The van der Waals surface area contributed by atoms with Crippen LogP contribution in [-0.4, -0.2) is 24.6 Å². The lowest BCUT2D eigenvalue weighted by atomic mass is 10.0. The Morgan fingerprint density at radius 2 is 2.16 bits per heavy atom. The normalized spacial score (nSPS) is 27.8. The maximum absolute atomic E-state index is 13.7. The first kappa shape index (κ1) is 14.8. The van der Waals surface area contributed by atoms with Gasteiger partial charge in [0.15, 0.2) is 5.17 Å². The average Bonchev–Trinajstić information content (AvgIpc) is 3.11. The third kappa shape index (κ3) is 3.49. The molecule has 0 aromatic heterocycles.